The highest BCUT2D eigenvalue weighted by Crippen LogP contribution is 2.56. The summed E-state index contributed by atoms with van der Waals surface area (Å²) >= 11 is 6.47. The summed E-state index contributed by atoms with van der Waals surface area (Å²) in [6, 6.07) is 0. The van der Waals surface area contributed by atoms with Gasteiger partial charge in [-0.25, -0.2) is 0 Å². The molecule has 94 valence electrons. The van der Waals surface area contributed by atoms with Crippen LogP contribution in [-0.4, -0.2) is 17.1 Å². The average molecular weight is 245 g/mol. The summed E-state index contributed by atoms with van der Waals surface area (Å²) in [7, 11) is 0. The van der Waals surface area contributed by atoms with Gasteiger partial charge in [-0.05, 0) is 39.5 Å². The smallest absolute Gasteiger partial charge is 0.0667 e. The zero-order valence-corrected chi connectivity index (χ0v) is 11.6. The lowest BCUT2D eigenvalue weighted by molar-refractivity contribution is -0.183. The maximum Gasteiger partial charge on any atom is 0.0667 e. The Labute approximate surface area is 105 Å². The molecule has 1 spiro atoms. The van der Waals surface area contributed by atoms with Gasteiger partial charge < -0.3 is 4.74 Å². The van der Waals surface area contributed by atoms with Gasteiger partial charge in [0, 0.05) is 10.8 Å². The fraction of sp³-hybridized carbons (Fsp3) is 1.00. The van der Waals surface area contributed by atoms with Gasteiger partial charge in [-0.3, -0.25) is 0 Å². The molecule has 0 bridgehead atoms. The molecule has 2 unspecified atom stereocenters. The Balaban J connectivity index is 2.01. The Hall–Kier alpha value is 0.250. The third-order valence-corrected chi connectivity index (χ3v) is 5.40. The highest BCUT2D eigenvalue weighted by atomic mass is 35.5. The van der Waals surface area contributed by atoms with Crippen LogP contribution in [0.4, 0.5) is 0 Å². The maximum atomic E-state index is 6.47. The molecule has 0 aromatic rings. The van der Waals surface area contributed by atoms with Crippen LogP contribution in [0, 0.1) is 5.41 Å². The van der Waals surface area contributed by atoms with Crippen molar-refractivity contribution in [2.75, 3.05) is 0 Å². The predicted molar refractivity (Wildman–Crippen MR) is 69.0 cm³/mol. The zero-order chi connectivity index (χ0) is 11.8. The molecule has 0 amide bonds. The van der Waals surface area contributed by atoms with Crippen molar-refractivity contribution in [3.05, 3.63) is 0 Å². The molecule has 2 aliphatic carbocycles. The molecule has 0 N–H and O–H groups in total. The number of hydrogen-bond donors (Lipinski definition) is 0. The lowest BCUT2D eigenvalue weighted by Gasteiger charge is -2.57. The molecular weight excluding hydrogens is 220 g/mol. The van der Waals surface area contributed by atoms with E-state index >= 15 is 0 Å². The summed E-state index contributed by atoms with van der Waals surface area (Å²) in [6.07, 6.45) is 9.19. The normalized spacial score (nSPS) is 33.8. The van der Waals surface area contributed by atoms with Gasteiger partial charge in [-0.2, -0.15) is 0 Å². The van der Waals surface area contributed by atoms with Crippen LogP contribution in [0.5, 0.6) is 0 Å². The Morgan fingerprint density at radius 3 is 2.38 bits per heavy atom. The average Bonchev–Trinajstić information content (AvgIpc) is 2.30. The van der Waals surface area contributed by atoms with Gasteiger partial charge >= 0.3 is 0 Å². The second kappa shape index (κ2) is 4.49. The van der Waals surface area contributed by atoms with Crippen molar-refractivity contribution in [3.8, 4) is 0 Å². The lowest BCUT2D eigenvalue weighted by atomic mass is 9.58. The van der Waals surface area contributed by atoms with Gasteiger partial charge in [0.1, 0.15) is 0 Å². The van der Waals surface area contributed by atoms with E-state index in [1.807, 2.05) is 0 Å². The molecule has 16 heavy (non-hydrogen) atoms. The molecule has 0 aromatic carbocycles. The van der Waals surface area contributed by atoms with Crippen LogP contribution in [0.1, 0.15) is 65.7 Å². The first-order valence-electron chi connectivity index (χ1n) is 6.82. The standard InChI is InChI=1S/C14H25ClO/c1-4-13(2,3)16-12-10-11(15)14(12)8-6-5-7-9-14/h11-12H,4-10H2,1-3H3. The molecule has 2 fully saturated rings. The second-order valence-corrected chi connectivity index (χ2v) is 6.74. The van der Waals surface area contributed by atoms with Crippen molar-refractivity contribution >= 4 is 11.6 Å². The van der Waals surface area contributed by atoms with Gasteiger partial charge in [0.2, 0.25) is 0 Å². The summed E-state index contributed by atoms with van der Waals surface area (Å²) in [5.41, 5.74) is 0.346. The monoisotopic (exact) mass is 244 g/mol. The predicted octanol–water partition coefficient (Wildman–Crippen LogP) is 4.52. The van der Waals surface area contributed by atoms with Gasteiger partial charge in [0.05, 0.1) is 11.7 Å². The van der Waals surface area contributed by atoms with Gasteiger partial charge in [-0.1, -0.05) is 26.2 Å². The summed E-state index contributed by atoms with van der Waals surface area (Å²) in [5, 5.41) is 0.366. The Kier molecular flexibility index (Phi) is 3.57. The van der Waals surface area contributed by atoms with Gasteiger partial charge in [0.15, 0.2) is 0 Å². The second-order valence-electron chi connectivity index (χ2n) is 6.22. The van der Waals surface area contributed by atoms with E-state index in [1.54, 1.807) is 0 Å². The van der Waals surface area contributed by atoms with Crippen molar-refractivity contribution in [2.24, 2.45) is 5.41 Å². The minimum atomic E-state index is 0.0200. The Morgan fingerprint density at radius 1 is 1.25 bits per heavy atom. The molecule has 2 atom stereocenters. The van der Waals surface area contributed by atoms with Crippen LogP contribution < -0.4 is 0 Å². The van der Waals surface area contributed by atoms with E-state index in [1.165, 1.54) is 32.1 Å². The Bertz CT molecular complexity index is 243. The topological polar surface area (TPSA) is 9.23 Å². The van der Waals surface area contributed by atoms with Crippen molar-refractivity contribution in [2.45, 2.75) is 82.8 Å². The van der Waals surface area contributed by atoms with Crippen LogP contribution in [-0.2, 0) is 4.74 Å². The molecule has 1 nitrogen and oxygen atoms in total. The van der Waals surface area contributed by atoms with E-state index in [9.17, 15) is 0 Å². The summed E-state index contributed by atoms with van der Waals surface area (Å²) in [4.78, 5) is 0. The van der Waals surface area contributed by atoms with Crippen LogP contribution >= 0.6 is 11.6 Å². The van der Waals surface area contributed by atoms with Crippen LogP contribution in [0.3, 0.4) is 0 Å². The number of rotatable bonds is 3. The zero-order valence-electron chi connectivity index (χ0n) is 10.9. The number of hydrogen-bond acceptors (Lipinski definition) is 1. The van der Waals surface area contributed by atoms with Crippen molar-refractivity contribution in [1.29, 1.82) is 0 Å². The van der Waals surface area contributed by atoms with E-state index in [0.29, 0.717) is 16.9 Å². The van der Waals surface area contributed by atoms with Crippen molar-refractivity contribution < 1.29 is 4.74 Å². The van der Waals surface area contributed by atoms with E-state index in [4.69, 9.17) is 16.3 Å². The number of ether oxygens (including phenoxy) is 1. The molecule has 2 rings (SSSR count). The van der Waals surface area contributed by atoms with E-state index < -0.39 is 0 Å². The number of halogens is 1. The molecule has 2 saturated carbocycles. The molecule has 0 aliphatic heterocycles. The first kappa shape index (κ1) is 12.7. The fourth-order valence-electron chi connectivity index (χ4n) is 3.18. The molecular formula is C14H25ClO. The third kappa shape index (κ3) is 2.13. The summed E-state index contributed by atoms with van der Waals surface area (Å²) < 4.78 is 6.30. The first-order valence-corrected chi connectivity index (χ1v) is 7.26. The quantitative estimate of drug-likeness (QED) is 0.664. The minimum absolute atomic E-state index is 0.0200. The lowest BCUT2D eigenvalue weighted by Crippen LogP contribution is -2.58. The highest BCUT2D eigenvalue weighted by Gasteiger charge is 2.55. The van der Waals surface area contributed by atoms with E-state index in [-0.39, 0.29) is 5.60 Å². The van der Waals surface area contributed by atoms with Crippen molar-refractivity contribution in [1.82, 2.24) is 0 Å². The van der Waals surface area contributed by atoms with E-state index in [2.05, 4.69) is 20.8 Å². The largest absolute Gasteiger partial charge is 0.372 e. The molecule has 2 heteroatoms. The van der Waals surface area contributed by atoms with Crippen LogP contribution in [0.2, 0.25) is 0 Å². The maximum absolute atomic E-state index is 6.47. The molecule has 0 heterocycles. The third-order valence-electron chi connectivity index (χ3n) is 4.78. The van der Waals surface area contributed by atoms with E-state index in [0.717, 1.165) is 12.8 Å². The van der Waals surface area contributed by atoms with Crippen molar-refractivity contribution in [3.63, 3.8) is 0 Å². The number of alkyl halides is 1. The molecule has 0 radical (unpaired) electrons. The SMILES string of the molecule is CCC(C)(C)OC1CC(Cl)C12CCCCC2. The molecule has 0 saturated heterocycles. The summed E-state index contributed by atoms with van der Waals surface area (Å²) in [5.74, 6) is 0. The Morgan fingerprint density at radius 2 is 1.88 bits per heavy atom. The van der Waals surface area contributed by atoms with Crippen LogP contribution in [0.25, 0.3) is 0 Å². The minimum Gasteiger partial charge on any atom is -0.372 e. The summed E-state index contributed by atoms with van der Waals surface area (Å²) in [6.45, 7) is 6.60. The van der Waals surface area contributed by atoms with Gasteiger partial charge in [0.25, 0.3) is 0 Å². The van der Waals surface area contributed by atoms with Gasteiger partial charge in [-0.15, -0.1) is 11.6 Å². The molecule has 0 aromatic heterocycles. The highest BCUT2D eigenvalue weighted by molar-refractivity contribution is 6.21. The first-order chi connectivity index (χ1) is 7.50. The van der Waals surface area contributed by atoms with Crippen LogP contribution in [0.15, 0.2) is 0 Å². The fourth-order valence-corrected chi connectivity index (χ4v) is 3.70. The molecule has 2 aliphatic rings.